The number of nitrogens with zero attached hydrogens (tertiary/aromatic N) is 1. The van der Waals surface area contributed by atoms with Gasteiger partial charge in [0.05, 0.1) is 11.2 Å². The van der Waals surface area contributed by atoms with Crippen LogP contribution in [0.2, 0.25) is 0 Å². The minimum absolute atomic E-state index is 0.260. The normalized spacial score (nSPS) is 18.3. The number of nitriles is 1. The van der Waals surface area contributed by atoms with E-state index >= 15 is 0 Å². The van der Waals surface area contributed by atoms with Gasteiger partial charge < -0.3 is 10.4 Å². The predicted molar refractivity (Wildman–Crippen MR) is 74.0 cm³/mol. The van der Waals surface area contributed by atoms with Crippen LogP contribution in [0.1, 0.15) is 53.8 Å². The van der Waals surface area contributed by atoms with E-state index in [9.17, 15) is 9.90 Å². The Morgan fingerprint density at radius 1 is 1.42 bits per heavy atom. The summed E-state index contributed by atoms with van der Waals surface area (Å²) in [5.41, 5.74) is -0.383. The molecule has 4 nitrogen and oxygen atoms in total. The SMILES string of the molecule is N#Cc1ccsc1C(=O)NCC1(O)CCCCCC1. The lowest BCUT2D eigenvalue weighted by Crippen LogP contribution is -2.42. The third-order valence-corrected chi connectivity index (χ3v) is 4.52. The van der Waals surface area contributed by atoms with Gasteiger partial charge in [-0.25, -0.2) is 0 Å². The van der Waals surface area contributed by atoms with Gasteiger partial charge in [-0.1, -0.05) is 25.7 Å². The van der Waals surface area contributed by atoms with Gasteiger partial charge in [-0.3, -0.25) is 4.79 Å². The fourth-order valence-corrected chi connectivity index (χ4v) is 3.22. The monoisotopic (exact) mass is 278 g/mol. The van der Waals surface area contributed by atoms with Gasteiger partial charge in [0.1, 0.15) is 10.9 Å². The quantitative estimate of drug-likeness (QED) is 0.834. The number of rotatable bonds is 3. The van der Waals surface area contributed by atoms with Crippen molar-refractivity contribution in [2.24, 2.45) is 0 Å². The molecule has 0 radical (unpaired) electrons. The third-order valence-electron chi connectivity index (χ3n) is 3.60. The molecule has 1 aromatic rings. The van der Waals surface area contributed by atoms with Crippen LogP contribution in [-0.2, 0) is 0 Å². The molecule has 102 valence electrons. The Kier molecular flexibility index (Phi) is 4.56. The van der Waals surface area contributed by atoms with Crippen LogP contribution >= 0.6 is 11.3 Å². The number of hydrogen-bond donors (Lipinski definition) is 2. The van der Waals surface area contributed by atoms with Crippen molar-refractivity contribution in [2.75, 3.05) is 6.54 Å². The molecule has 0 aliphatic heterocycles. The summed E-state index contributed by atoms with van der Waals surface area (Å²) >= 11 is 1.26. The lowest BCUT2D eigenvalue weighted by molar-refractivity contribution is 0.0247. The minimum Gasteiger partial charge on any atom is -0.388 e. The van der Waals surface area contributed by atoms with Crippen LogP contribution in [0.15, 0.2) is 11.4 Å². The van der Waals surface area contributed by atoms with Gasteiger partial charge in [-0.2, -0.15) is 5.26 Å². The summed E-state index contributed by atoms with van der Waals surface area (Å²) in [7, 11) is 0. The van der Waals surface area contributed by atoms with Crippen LogP contribution < -0.4 is 5.32 Å². The van der Waals surface area contributed by atoms with E-state index in [1.165, 1.54) is 11.3 Å². The van der Waals surface area contributed by atoms with Crippen molar-refractivity contribution in [3.8, 4) is 6.07 Å². The molecule has 19 heavy (non-hydrogen) atoms. The van der Waals surface area contributed by atoms with Crippen molar-refractivity contribution in [1.29, 1.82) is 5.26 Å². The van der Waals surface area contributed by atoms with Crippen molar-refractivity contribution in [1.82, 2.24) is 5.32 Å². The summed E-state index contributed by atoms with van der Waals surface area (Å²) in [6, 6.07) is 3.64. The van der Waals surface area contributed by atoms with Crippen LogP contribution in [0, 0.1) is 11.3 Å². The molecule has 5 heteroatoms. The van der Waals surface area contributed by atoms with Gasteiger partial charge in [0.15, 0.2) is 0 Å². The molecule has 2 N–H and O–H groups in total. The number of thiophene rings is 1. The number of hydrogen-bond acceptors (Lipinski definition) is 4. The van der Waals surface area contributed by atoms with Crippen molar-refractivity contribution in [3.05, 3.63) is 21.9 Å². The predicted octanol–water partition coefficient (Wildman–Crippen LogP) is 2.43. The van der Waals surface area contributed by atoms with Gasteiger partial charge in [-0.15, -0.1) is 11.3 Å². The Hall–Kier alpha value is -1.38. The molecule has 0 unspecified atom stereocenters. The lowest BCUT2D eigenvalue weighted by Gasteiger charge is -2.26. The smallest absolute Gasteiger partial charge is 0.262 e. The van der Waals surface area contributed by atoms with E-state index in [-0.39, 0.29) is 12.5 Å². The van der Waals surface area contributed by atoms with Crippen LogP contribution in [0.25, 0.3) is 0 Å². The first kappa shape index (κ1) is 14.0. The van der Waals surface area contributed by atoms with Gasteiger partial charge in [0, 0.05) is 6.54 Å². The average molecular weight is 278 g/mol. The van der Waals surface area contributed by atoms with E-state index < -0.39 is 5.60 Å². The van der Waals surface area contributed by atoms with Crippen molar-refractivity contribution in [3.63, 3.8) is 0 Å². The van der Waals surface area contributed by atoms with Gasteiger partial charge in [0.2, 0.25) is 0 Å². The van der Waals surface area contributed by atoms with Crippen LogP contribution in [0.4, 0.5) is 0 Å². The van der Waals surface area contributed by atoms with Gasteiger partial charge in [0.25, 0.3) is 5.91 Å². The number of carbonyl (C=O) groups excluding carboxylic acids is 1. The molecule has 0 atom stereocenters. The second-order valence-corrected chi connectivity index (χ2v) is 6.01. The van der Waals surface area contributed by atoms with Crippen LogP contribution in [0.5, 0.6) is 0 Å². The van der Waals surface area contributed by atoms with Crippen molar-refractivity contribution >= 4 is 17.2 Å². The molecular weight excluding hydrogens is 260 g/mol. The molecule has 0 saturated heterocycles. The largest absolute Gasteiger partial charge is 0.388 e. The molecule has 1 fully saturated rings. The molecule has 0 bridgehead atoms. The second-order valence-electron chi connectivity index (χ2n) is 5.10. The number of carbonyl (C=O) groups is 1. The zero-order valence-electron chi connectivity index (χ0n) is 10.8. The third kappa shape index (κ3) is 3.55. The van der Waals surface area contributed by atoms with Crippen LogP contribution in [0.3, 0.4) is 0 Å². The second kappa shape index (κ2) is 6.18. The summed E-state index contributed by atoms with van der Waals surface area (Å²) < 4.78 is 0. The Bertz CT molecular complexity index is 482. The molecule has 0 aromatic carbocycles. The number of nitrogens with one attached hydrogen (secondary N) is 1. The van der Waals surface area contributed by atoms with E-state index in [2.05, 4.69) is 5.32 Å². The lowest BCUT2D eigenvalue weighted by atomic mass is 9.94. The highest BCUT2D eigenvalue weighted by atomic mass is 32.1. The Morgan fingerprint density at radius 3 is 2.74 bits per heavy atom. The minimum atomic E-state index is -0.782. The van der Waals surface area contributed by atoms with Crippen molar-refractivity contribution in [2.45, 2.75) is 44.1 Å². The molecule has 1 aliphatic carbocycles. The molecule has 1 aliphatic rings. The molecule has 1 saturated carbocycles. The van der Waals surface area contributed by atoms with Gasteiger partial charge in [-0.05, 0) is 24.3 Å². The fourth-order valence-electron chi connectivity index (χ4n) is 2.46. The molecule has 0 spiro atoms. The summed E-state index contributed by atoms with van der Waals surface area (Å²) in [6.45, 7) is 0.272. The molecular formula is C14H18N2O2S. The first-order valence-corrected chi connectivity index (χ1v) is 7.51. The van der Waals surface area contributed by atoms with E-state index in [1.807, 2.05) is 6.07 Å². The summed E-state index contributed by atoms with van der Waals surface area (Å²) in [5, 5.41) is 23.8. The summed E-state index contributed by atoms with van der Waals surface area (Å²) in [6.07, 6.45) is 5.80. The molecule has 1 aromatic heterocycles. The number of amides is 1. The maximum Gasteiger partial charge on any atom is 0.262 e. The summed E-state index contributed by atoms with van der Waals surface area (Å²) in [4.78, 5) is 12.4. The Morgan fingerprint density at radius 2 is 2.11 bits per heavy atom. The maximum atomic E-state index is 12.0. The standard InChI is InChI=1S/C14H18N2O2S/c15-9-11-5-8-19-12(11)13(17)16-10-14(18)6-3-1-2-4-7-14/h5,8,18H,1-4,6-7,10H2,(H,16,17). The molecule has 1 amide bonds. The molecule has 2 rings (SSSR count). The fraction of sp³-hybridized carbons (Fsp3) is 0.571. The first-order chi connectivity index (χ1) is 9.14. The zero-order chi connectivity index (χ0) is 13.7. The topological polar surface area (TPSA) is 73.1 Å². The summed E-state index contributed by atoms with van der Waals surface area (Å²) in [5.74, 6) is -0.260. The Labute approximate surface area is 117 Å². The average Bonchev–Trinajstić information content (AvgIpc) is 2.79. The highest BCUT2D eigenvalue weighted by Gasteiger charge is 2.28. The highest BCUT2D eigenvalue weighted by molar-refractivity contribution is 7.12. The van der Waals surface area contributed by atoms with Gasteiger partial charge >= 0.3 is 0 Å². The first-order valence-electron chi connectivity index (χ1n) is 6.63. The van der Waals surface area contributed by atoms with E-state index in [4.69, 9.17) is 5.26 Å². The van der Waals surface area contributed by atoms with Crippen LogP contribution in [-0.4, -0.2) is 23.2 Å². The maximum absolute atomic E-state index is 12.0. The Balaban J connectivity index is 1.95. The van der Waals surface area contributed by atoms with E-state index in [0.717, 1.165) is 38.5 Å². The van der Waals surface area contributed by atoms with Crippen molar-refractivity contribution < 1.29 is 9.90 Å². The van der Waals surface area contributed by atoms with E-state index in [1.54, 1.807) is 11.4 Å². The molecule has 1 heterocycles. The number of aliphatic hydroxyl groups is 1. The van der Waals surface area contributed by atoms with E-state index in [0.29, 0.717) is 10.4 Å². The zero-order valence-corrected chi connectivity index (χ0v) is 11.6. The highest BCUT2D eigenvalue weighted by Crippen LogP contribution is 2.26.